The van der Waals surface area contributed by atoms with Gasteiger partial charge in [0.2, 0.25) is 11.8 Å². The van der Waals surface area contributed by atoms with E-state index in [1.165, 1.54) is 0 Å². The highest BCUT2D eigenvalue weighted by molar-refractivity contribution is 5.85. The molecule has 0 aliphatic heterocycles. The van der Waals surface area contributed by atoms with Crippen LogP contribution in [0.5, 0.6) is 0 Å². The molecule has 0 spiro atoms. The van der Waals surface area contributed by atoms with Crippen molar-refractivity contribution in [1.29, 1.82) is 0 Å². The van der Waals surface area contributed by atoms with E-state index in [9.17, 15) is 9.59 Å². The quantitative estimate of drug-likeness (QED) is 0.684. The number of nitrogens with two attached hydrogens (primary N) is 1. The van der Waals surface area contributed by atoms with E-state index in [0.29, 0.717) is 18.4 Å². The van der Waals surface area contributed by atoms with Crippen molar-refractivity contribution < 1.29 is 9.59 Å². The Hall–Kier alpha value is -1.10. The first-order valence-corrected chi connectivity index (χ1v) is 7.20. The van der Waals surface area contributed by atoms with E-state index in [1.54, 1.807) is 0 Å². The van der Waals surface area contributed by atoms with Gasteiger partial charge < -0.3 is 16.4 Å². The van der Waals surface area contributed by atoms with Crippen LogP contribution in [0.1, 0.15) is 40.0 Å². The van der Waals surface area contributed by atoms with Crippen LogP contribution in [0.3, 0.4) is 0 Å². The third kappa shape index (κ3) is 5.59. The lowest BCUT2D eigenvalue weighted by Gasteiger charge is -2.30. The fourth-order valence-electron chi connectivity index (χ4n) is 2.29. The molecule has 0 aromatic rings. The van der Waals surface area contributed by atoms with Crippen LogP contribution in [0.2, 0.25) is 0 Å². The summed E-state index contributed by atoms with van der Waals surface area (Å²) >= 11 is 0. The monoisotopic (exact) mass is 269 g/mol. The molecule has 1 fully saturated rings. The highest BCUT2D eigenvalue weighted by Crippen LogP contribution is 2.27. The van der Waals surface area contributed by atoms with E-state index in [0.717, 1.165) is 19.3 Å². The summed E-state index contributed by atoms with van der Waals surface area (Å²) in [6, 6.07) is 0.0965. The van der Waals surface area contributed by atoms with Gasteiger partial charge in [0.1, 0.15) is 0 Å². The van der Waals surface area contributed by atoms with Gasteiger partial charge in [-0.25, -0.2) is 0 Å². The molecule has 1 aliphatic rings. The first-order valence-electron chi connectivity index (χ1n) is 7.20. The average molecular weight is 269 g/mol. The van der Waals surface area contributed by atoms with E-state index < -0.39 is 0 Å². The smallest absolute Gasteiger partial charge is 0.239 e. The predicted octanol–water partition coefficient (Wildman–Crippen LogP) is 0.638. The van der Waals surface area contributed by atoms with Crippen LogP contribution in [-0.2, 0) is 9.59 Å². The van der Waals surface area contributed by atoms with Gasteiger partial charge in [-0.1, -0.05) is 20.8 Å². The topological polar surface area (TPSA) is 84.2 Å². The van der Waals surface area contributed by atoms with Gasteiger partial charge in [-0.3, -0.25) is 9.59 Å². The summed E-state index contributed by atoms with van der Waals surface area (Å²) in [6.07, 6.45) is 2.58. The van der Waals surface area contributed by atoms with Crippen LogP contribution in [0, 0.1) is 17.8 Å². The van der Waals surface area contributed by atoms with Gasteiger partial charge in [0.05, 0.1) is 6.54 Å². The molecule has 1 rings (SSSR count). The van der Waals surface area contributed by atoms with Crippen LogP contribution < -0.4 is 16.4 Å². The molecular formula is C14H27N3O2. The molecule has 5 heteroatoms. The number of carbonyl (C=O) groups excluding carboxylic acids is 2. The summed E-state index contributed by atoms with van der Waals surface area (Å²) in [6.45, 7) is 6.89. The van der Waals surface area contributed by atoms with Crippen LogP contribution >= 0.6 is 0 Å². The maximum atomic E-state index is 11.9. The summed E-state index contributed by atoms with van der Waals surface area (Å²) in [4.78, 5) is 23.4. The maximum Gasteiger partial charge on any atom is 0.239 e. The van der Waals surface area contributed by atoms with Gasteiger partial charge in [-0.15, -0.1) is 0 Å². The number of hydrogen-bond acceptors (Lipinski definition) is 3. The Labute approximate surface area is 115 Å². The lowest BCUT2D eigenvalue weighted by atomic mass is 9.79. The second-order valence-corrected chi connectivity index (χ2v) is 6.07. The molecule has 1 saturated carbocycles. The van der Waals surface area contributed by atoms with Gasteiger partial charge in [0.25, 0.3) is 0 Å². The molecule has 5 nitrogen and oxygen atoms in total. The van der Waals surface area contributed by atoms with Crippen molar-refractivity contribution in [2.75, 3.05) is 13.1 Å². The highest BCUT2D eigenvalue weighted by atomic mass is 16.2. The van der Waals surface area contributed by atoms with Crippen LogP contribution in [0.4, 0.5) is 0 Å². The summed E-state index contributed by atoms with van der Waals surface area (Å²) in [5.41, 5.74) is 5.98. The van der Waals surface area contributed by atoms with Gasteiger partial charge in [0, 0.05) is 18.5 Å². The molecule has 0 radical (unpaired) electrons. The molecule has 110 valence electrons. The number of nitrogens with one attached hydrogen (secondary N) is 2. The Bertz CT molecular complexity index is 318. The average Bonchev–Trinajstić information content (AvgIpc) is 2.36. The summed E-state index contributed by atoms with van der Waals surface area (Å²) < 4.78 is 0. The van der Waals surface area contributed by atoms with Gasteiger partial charge in [-0.05, 0) is 31.1 Å². The molecule has 19 heavy (non-hydrogen) atoms. The van der Waals surface area contributed by atoms with Crippen molar-refractivity contribution in [3.8, 4) is 0 Å². The molecule has 2 amide bonds. The molecule has 0 heterocycles. The Morgan fingerprint density at radius 2 is 1.95 bits per heavy atom. The summed E-state index contributed by atoms with van der Waals surface area (Å²) in [5, 5.41) is 5.48. The molecular weight excluding hydrogens is 242 g/mol. The molecule has 1 aliphatic carbocycles. The number of amides is 2. The summed E-state index contributed by atoms with van der Waals surface area (Å²) in [7, 11) is 0. The van der Waals surface area contributed by atoms with Gasteiger partial charge in [0.15, 0.2) is 0 Å². The molecule has 0 saturated heterocycles. The second kappa shape index (κ2) is 7.48. The largest absolute Gasteiger partial charge is 0.354 e. The third-order valence-corrected chi connectivity index (χ3v) is 3.76. The van der Waals surface area contributed by atoms with Crippen molar-refractivity contribution >= 4 is 11.8 Å². The Morgan fingerprint density at radius 1 is 1.26 bits per heavy atom. The SMILES string of the molecule is CC(C)CNC(=O)CNC(=O)C1CCC(C)C(N)C1. The lowest BCUT2D eigenvalue weighted by molar-refractivity contribution is -0.129. The maximum absolute atomic E-state index is 11.9. The zero-order valence-corrected chi connectivity index (χ0v) is 12.2. The fraction of sp³-hybridized carbons (Fsp3) is 0.857. The van der Waals surface area contributed by atoms with E-state index in [-0.39, 0.29) is 30.3 Å². The predicted molar refractivity (Wildman–Crippen MR) is 75.3 cm³/mol. The van der Waals surface area contributed by atoms with E-state index >= 15 is 0 Å². The first kappa shape index (κ1) is 16.0. The minimum absolute atomic E-state index is 0.0379. The minimum atomic E-state index is -0.129. The number of hydrogen-bond donors (Lipinski definition) is 3. The Kier molecular flexibility index (Phi) is 6.28. The second-order valence-electron chi connectivity index (χ2n) is 6.07. The van der Waals surface area contributed by atoms with E-state index in [2.05, 4.69) is 17.6 Å². The molecule has 0 bridgehead atoms. The van der Waals surface area contributed by atoms with Crippen molar-refractivity contribution in [2.45, 2.75) is 46.1 Å². The molecule has 3 unspecified atom stereocenters. The molecule has 0 aromatic carbocycles. The van der Waals surface area contributed by atoms with Gasteiger partial charge in [-0.2, -0.15) is 0 Å². The van der Waals surface area contributed by atoms with E-state index in [1.807, 2.05) is 13.8 Å². The third-order valence-electron chi connectivity index (χ3n) is 3.76. The van der Waals surface area contributed by atoms with Crippen molar-refractivity contribution in [3.63, 3.8) is 0 Å². The molecule has 4 N–H and O–H groups in total. The van der Waals surface area contributed by atoms with Crippen LogP contribution in [-0.4, -0.2) is 30.9 Å². The van der Waals surface area contributed by atoms with Gasteiger partial charge >= 0.3 is 0 Å². The Balaban J connectivity index is 2.26. The molecule has 3 atom stereocenters. The fourth-order valence-corrected chi connectivity index (χ4v) is 2.29. The lowest BCUT2D eigenvalue weighted by Crippen LogP contribution is -2.44. The zero-order valence-electron chi connectivity index (χ0n) is 12.2. The first-order chi connectivity index (χ1) is 8.90. The standard InChI is InChI=1S/C14H27N3O2/c1-9(2)7-16-13(18)8-17-14(19)11-5-4-10(3)12(15)6-11/h9-12H,4-8,15H2,1-3H3,(H,16,18)(H,17,19). The Morgan fingerprint density at radius 3 is 2.53 bits per heavy atom. The molecule has 0 aromatic heterocycles. The zero-order chi connectivity index (χ0) is 14.4. The van der Waals surface area contributed by atoms with Crippen LogP contribution in [0.25, 0.3) is 0 Å². The summed E-state index contributed by atoms with van der Waals surface area (Å²) in [5.74, 6) is 0.692. The number of rotatable bonds is 5. The van der Waals surface area contributed by atoms with Crippen molar-refractivity contribution in [3.05, 3.63) is 0 Å². The van der Waals surface area contributed by atoms with Crippen LogP contribution in [0.15, 0.2) is 0 Å². The minimum Gasteiger partial charge on any atom is -0.354 e. The van der Waals surface area contributed by atoms with E-state index in [4.69, 9.17) is 5.73 Å². The normalized spacial score (nSPS) is 27.1. The van der Waals surface area contributed by atoms with Crippen molar-refractivity contribution in [1.82, 2.24) is 10.6 Å². The number of carbonyl (C=O) groups is 2. The highest BCUT2D eigenvalue weighted by Gasteiger charge is 2.29. The van der Waals surface area contributed by atoms with Crippen molar-refractivity contribution in [2.24, 2.45) is 23.5 Å².